The van der Waals surface area contributed by atoms with E-state index < -0.39 is 78.1 Å². The molecule has 3 rings (SSSR count). The third-order valence-electron chi connectivity index (χ3n) is 9.16. The molecule has 7 atom stereocenters. The molecule has 1 saturated heterocycles. The fourth-order valence-electron chi connectivity index (χ4n) is 5.77. The molecule has 2 aromatic rings. The summed E-state index contributed by atoms with van der Waals surface area (Å²) in [7, 11) is 0. The first-order valence-electron chi connectivity index (χ1n) is 18.5. The molecule has 0 radical (unpaired) electrons. The van der Waals surface area contributed by atoms with E-state index in [4.69, 9.17) is 14.6 Å². The van der Waals surface area contributed by atoms with Gasteiger partial charge >= 0.3 is 18.1 Å². The largest absolute Gasteiger partial charge is 0.542 e. The highest BCUT2D eigenvalue weighted by Crippen LogP contribution is 2.35. The molecule has 1 aliphatic heterocycles. The van der Waals surface area contributed by atoms with Crippen molar-refractivity contribution in [3.05, 3.63) is 32.2 Å². The van der Waals surface area contributed by atoms with Gasteiger partial charge in [-0.05, 0) is 44.4 Å². The van der Waals surface area contributed by atoms with Crippen molar-refractivity contribution >= 4 is 64.2 Å². The number of carboxylic acid groups (broad SMARTS) is 2. The van der Waals surface area contributed by atoms with E-state index in [1.807, 2.05) is 27.7 Å². The first kappa shape index (κ1) is 49.4. The number of thiazole rings is 2. The fourth-order valence-corrected chi connectivity index (χ4v) is 7.57. The first-order chi connectivity index (χ1) is 26.9. The summed E-state index contributed by atoms with van der Waals surface area (Å²) >= 11 is 2.43. The molecular formula is C36H52F3N7O10S2. The van der Waals surface area contributed by atoms with Crippen LogP contribution >= 0.6 is 22.7 Å². The van der Waals surface area contributed by atoms with Crippen LogP contribution in [0.2, 0.25) is 0 Å². The molecule has 0 unspecified atom stereocenters. The maximum Gasteiger partial charge on any atom is 0.430 e. The van der Waals surface area contributed by atoms with E-state index in [0.717, 1.165) is 0 Å². The van der Waals surface area contributed by atoms with E-state index in [1.165, 1.54) is 41.9 Å². The van der Waals surface area contributed by atoms with Gasteiger partial charge in [0.2, 0.25) is 11.8 Å². The van der Waals surface area contributed by atoms with Gasteiger partial charge in [0.1, 0.15) is 39.9 Å². The number of halogens is 3. The van der Waals surface area contributed by atoms with Crippen molar-refractivity contribution in [3.8, 4) is 0 Å². The van der Waals surface area contributed by atoms with Crippen molar-refractivity contribution in [1.82, 2.24) is 30.8 Å². The van der Waals surface area contributed by atoms with Crippen LogP contribution in [0.25, 0.3) is 0 Å². The summed E-state index contributed by atoms with van der Waals surface area (Å²) in [6.45, 7) is 14.5. The first-order valence-corrected chi connectivity index (χ1v) is 20.3. The number of esters is 1. The van der Waals surface area contributed by atoms with Crippen LogP contribution in [-0.2, 0) is 28.7 Å². The van der Waals surface area contributed by atoms with E-state index >= 15 is 0 Å². The van der Waals surface area contributed by atoms with E-state index in [0.29, 0.717) is 42.2 Å². The molecule has 17 nitrogen and oxygen atoms in total. The molecule has 0 saturated carbocycles. The number of alkyl halides is 3. The lowest BCUT2D eigenvalue weighted by Crippen LogP contribution is -2.72. The molecule has 0 aliphatic carbocycles. The molecule has 0 aromatic carbocycles. The summed E-state index contributed by atoms with van der Waals surface area (Å²) in [5, 5.41) is 30.7. The molecule has 4 amide bonds. The van der Waals surface area contributed by atoms with Gasteiger partial charge in [-0.3, -0.25) is 24.0 Å². The molecule has 324 valence electrons. The van der Waals surface area contributed by atoms with Crippen LogP contribution < -0.4 is 26.8 Å². The minimum Gasteiger partial charge on any atom is -0.542 e. The second-order valence-electron chi connectivity index (χ2n) is 14.6. The third kappa shape index (κ3) is 14.3. The van der Waals surface area contributed by atoms with Crippen molar-refractivity contribution in [2.75, 3.05) is 6.54 Å². The van der Waals surface area contributed by atoms with E-state index in [1.54, 1.807) is 24.1 Å². The molecule has 1 aliphatic rings. The Bertz CT molecular complexity index is 1770. The van der Waals surface area contributed by atoms with Gasteiger partial charge in [-0.25, -0.2) is 14.8 Å². The van der Waals surface area contributed by atoms with Gasteiger partial charge in [0, 0.05) is 30.1 Å². The predicted molar refractivity (Wildman–Crippen MR) is 202 cm³/mol. The Kier molecular flexibility index (Phi) is 18.7. The van der Waals surface area contributed by atoms with Gasteiger partial charge in [0.05, 0.1) is 12.1 Å². The number of hydrogen-bond donors (Lipinski definition) is 5. The van der Waals surface area contributed by atoms with Crippen LogP contribution in [0.4, 0.5) is 13.2 Å². The van der Waals surface area contributed by atoms with E-state index in [9.17, 15) is 47.0 Å². The van der Waals surface area contributed by atoms with Gasteiger partial charge < -0.3 is 46.3 Å². The highest BCUT2D eigenvalue weighted by molar-refractivity contribution is 7.10. The van der Waals surface area contributed by atoms with Gasteiger partial charge in [0.15, 0.2) is 11.7 Å². The predicted octanol–water partition coefficient (Wildman–Crippen LogP) is 2.01. The number of amides is 4. The number of quaternary nitrogens is 1. The van der Waals surface area contributed by atoms with Crippen molar-refractivity contribution < 1.29 is 67.4 Å². The van der Waals surface area contributed by atoms with Gasteiger partial charge in [-0.15, -0.1) is 22.7 Å². The van der Waals surface area contributed by atoms with Crippen LogP contribution in [-0.4, -0.2) is 98.5 Å². The number of rotatable bonds is 17. The van der Waals surface area contributed by atoms with E-state index in [2.05, 4.69) is 31.7 Å². The molecule has 2 aromatic heterocycles. The molecule has 0 bridgehead atoms. The highest BCUT2D eigenvalue weighted by Gasteiger charge is 2.40. The Labute approximate surface area is 341 Å². The summed E-state index contributed by atoms with van der Waals surface area (Å²) in [5.41, 5.74) is 4.03. The lowest BCUT2D eigenvalue weighted by molar-refractivity contribution is -0.415. The molecule has 0 spiro atoms. The summed E-state index contributed by atoms with van der Waals surface area (Å²) in [4.78, 5) is 96.6. The van der Waals surface area contributed by atoms with Crippen LogP contribution in [0, 0.1) is 17.8 Å². The average molecular weight is 864 g/mol. The lowest BCUT2D eigenvalue weighted by Gasteiger charge is -2.32. The molecule has 58 heavy (non-hydrogen) atoms. The Balaban J connectivity index is 0.00000151. The normalized spacial score (nSPS) is 17.2. The monoisotopic (exact) mass is 863 g/mol. The van der Waals surface area contributed by atoms with Gasteiger partial charge in [0.25, 0.3) is 11.8 Å². The van der Waals surface area contributed by atoms with Crippen LogP contribution in [0.1, 0.15) is 124 Å². The lowest BCUT2D eigenvalue weighted by atomic mass is 9.98. The number of aromatic carboxylic acids is 1. The number of nitrogens with one attached hydrogen (secondary N) is 3. The van der Waals surface area contributed by atoms with Crippen molar-refractivity contribution in [1.29, 1.82) is 0 Å². The van der Waals surface area contributed by atoms with Gasteiger partial charge in [-0.1, -0.05) is 41.5 Å². The highest BCUT2D eigenvalue weighted by atomic mass is 32.1. The van der Waals surface area contributed by atoms with Crippen molar-refractivity contribution in [3.63, 3.8) is 0 Å². The number of aromatic nitrogens is 2. The number of hydrogen-bond acceptors (Lipinski definition) is 13. The number of ether oxygens (including phenoxy) is 1. The number of likely N-dealkylation sites (tertiary alicyclic amines) is 1. The summed E-state index contributed by atoms with van der Waals surface area (Å²) < 4.78 is 36.8. The van der Waals surface area contributed by atoms with Crippen molar-refractivity contribution in [2.24, 2.45) is 17.8 Å². The third-order valence-corrected chi connectivity index (χ3v) is 11.1. The standard InChI is InChI=1S/C34H51N7O8S2.C2HF3O2/c1-9-18(6)25(35)29(44)40-27(19(7)49-20(8)42)30(45)39-26(17(4)5)33(46)41-12-10-11-24(41)32-37-22(14-51-32)28(43)36-21(13-16(2)3)31-38-23(15-50-31)34(47)48;3-2(4,5)1(6)7/h14-19,21,24-27H,9-13,35H2,1-8H3,(H,36,43)(H,39,45)(H,40,44)(H,47,48);(H,6,7)/t18-,19+,21-,24+,25-,26+,27+;/m1./s1. The number of carboxylic acids is 2. The smallest absolute Gasteiger partial charge is 0.430 e. The second-order valence-corrected chi connectivity index (χ2v) is 16.4. The van der Waals surface area contributed by atoms with Crippen LogP contribution in [0.3, 0.4) is 0 Å². The topological polar surface area (TPSA) is 265 Å². The summed E-state index contributed by atoms with van der Waals surface area (Å²) in [5.74, 6) is -6.89. The number of aliphatic carboxylic acids is 1. The molecular weight excluding hydrogens is 812 g/mol. The maximum absolute atomic E-state index is 14.1. The van der Waals surface area contributed by atoms with E-state index in [-0.39, 0.29) is 35.0 Å². The molecule has 3 heterocycles. The SMILES string of the molecule is CC[C@@H](C)[C@@H]([NH3+])C(=O)N[C@H](C(=O)N[C@H](C(=O)N1CCC[C@H]1c1nc(C(=O)N[C@H](CC(C)C)c2nc(C(=O)O)cs2)cs1)C(C)C)[C@H](C)OC(C)=O.O=C([O-])C(F)(F)F. The Morgan fingerprint density at radius 2 is 1.55 bits per heavy atom. The quantitative estimate of drug-likeness (QED) is 0.143. The fraction of sp³-hybridized carbons (Fsp3) is 0.639. The van der Waals surface area contributed by atoms with Crippen LogP contribution in [0.5, 0.6) is 0 Å². The minimum atomic E-state index is -5.19. The number of nitrogens with zero attached hydrogens (tertiary/aromatic N) is 3. The van der Waals surface area contributed by atoms with Crippen LogP contribution in [0.15, 0.2) is 10.8 Å². The summed E-state index contributed by atoms with van der Waals surface area (Å²) in [6, 6.07) is -3.82. The maximum atomic E-state index is 14.1. The Morgan fingerprint density at radius 3 is 2.05 bits per heavy atom. The summed E-state index contributed by atoms with van der Waals surface area (Å²) in [6.07, 6.45) is -3.68. The zero-order valence-corrected chi connectivity index (χ0v) is 35.1. The average Bonchev–Trinajstić information content (AvgIpc) is 3.92. The number of carbonyl (C=O) groups excluding carboxylic acids is 6. The zero-order valence-electron chi connectivity index (χ0n) is 33.5. The minimum absolute atomic E-state index is 0.0567. The Hall–Kier alpha value is -4.70. The number of carbonyl (C=O) groups is 7. The van der Waals surface area contributed by atoms with Gasteiger partial charge in [-0.2, -0.15) is 13.2 Å². The molecule has 7 N–H and O–H groups in total. The zero-order chi connectivity index (χ0) is 44.2. The van der Waals surface area contributed by atoms with Crippen molar-refractivity contribution in [2.45, 2.75) is 124 Å². The second kappa shape index (κ2) is 21.9. The Morgan fingerprint density at radius 1 is 0.966 bits per heavy atom. The molecule has 1 fully saturated rings. The molecule has 22 heteroatoms.